The van der Waals surface area contributed by atoms with Crippen molar-refractivity contribution in [3.63, 3.8) is 0 Å². The van der Waals surface area contributed by atoms with Crippen LogP contribution in [0.1, 0.15) is 100.0 Å². The molecule has 0 N–H and O–H groups in total. The topological polar surface area (TPSA) is 26.3 Å². The fourth-order valence-electron chi connectivity index (χ4n) is 5.18. The first-order valence-corrected chi connectivity index (χ1v) is 11.7. The van der Waals surface area contributed by atoms with Gasteiger partial charge in [-0.2, -0.15) is 0 Å². The number of fused-ring (bicyclic) bond motifs is 1. The fraction of sp³-hybridized carbons (Fsp3) is 0.483. The van der Waals surface area contributed by atoms with Gasteiger partial charge in [0.1, 0.15) is 0 Å². The Kier molecular flexibility index (Phi) is 6.51. The molecule has 0 bridgehead atoms. The van der Waals surface area contributed by atoms with E-state index in [9.17, 15) is 4.79 Å². The minimum Gasteiger partial charge on any atom is -0.462 e. The molecule has 2 nitrogen and oxygen atoms in total. The normalized spacial score (nSPS) is 19.2. The Morgan fingerprint density at radius 1 is 1.00 bits per heavy atom. The molecule has 3 rings (SSSR count). The molecule has 0 amide bonds. The van der Waals surface area contributed by atoms with E-state index in [-0.39, 0.29) is 16.8 Å². The van der Waals surface area contributed by atoms with Gasteiger partial charge in [0.05, 0.1) is 12.2 Å². The second-order valence-corrected chi connectivity index (χ2v) is 10.1. The van der Waals surface area contributed by atoms with Crippen molar-refractivity contribution in [2.24, 2.45) is 5.92 Å². The summed E-state index contributed by atoms with van der Waals surface area (Å²) < 4.78 is 5.09. The monoisotopic (exact) mass is 418 g/mol. The molecule has 1 unspecified atom stereocenters. The van der Waals surface area contributed by atoms with Gasteiger partial charge in [-0.05, 0) is 82.5 Å². The van der Waals surface area contributed by atoms with E-state index in [2.05, 4.69) is 66.7 Å². The summed E-state index contributed by atoms with van der Waals surface area (Å²) >= 11 is 0. The van der Waals surface area contributed by atoms with E-state index < -0.39 is 0 Å². The summed E-state index contributed by atoms with van der Waals surface area (Å²) in [6.45, 7) is 18.6. The van der Waals surface area contributed by atoms with Crippen LogP contribution in [-0.2, 0) is 22.0 Å². The Morgan fingerprint density at radius 3 is 2.13 bits per heavy atom. The van der Waals surface area contributed by atoms with Crippen molar-refractivity contribution >= 4 is 17.6 Å². The third-order valence-electron chi connectivity index (χ3n) is 7.55. The number of rotatable bonds is 6. The van der Waals surface area contributed by atoms with E-state index in [0.717, 1.165) is 18.4 Å². The Bertz CT molecular complexity index is 990. The van der Waals surface area contributed by atoms with Gasteiger partial charge >= 0.3 is 5.97 Å². The summed E-state index contributed by atoms with van der Waals surface area (Å²) in [7, 11) is 0. The van der Waals surface area contributed by atoms with Crippen molar-refractivity contribution in [3.8, 4) is 0 Å². The molecule has 0 radical (unpaired) electrons. The smallest absolute Gasteiger partial charge is 0.338 e. The SMILES string of the molecule is CCCc1cc2c(cc1C(C)=Cc1ccc(C(=O)OCC)cc1)C(C)(C)C(C)C2(C)C. The lowest BCUT2D eigenvalue weighted by Crippen LogP contribution is -2.30. The van der Waals surface area contributed by atoms with Gasteiger partial charge in [0.25, 0.3) is 0 Å². The molecule has 0 spiro atoms. The third-order valence-corrected chi connectivity index (χ3v) is 7.55. The first kappa shape index (κ1) is 23.3. The van der Waals surface area contributed by atoms with E-state index >= 15 is 0 Å². The quantitative estimate of drug-likeness (QED) is 0.357. The van der Waals surface area contributed by atoms with Crippen molar-refractivity contribution in [1.82, 2.24) is 0 Å². The van der Waals surface area contributed by atoms with Crippen LogP contribution in [0.3, 0.4) is 0 Å². The molecule has 1 atom stereocenters. The van der Waals surface area contributed by atoms with Gasteiger partial charge in [0, 0.05) is 0 Å². The highest BCUT2D eigenvalue weighted by molar-refractivity contribution is 5.90. The minimum atomic E-state index is -0.266. The number of aryl methyl sites for hydroxylation is 1. The fourth-order valence-corrected chi connectivity index (χ4v) is 5.18. The number of benzene rings is 2. The maximum Gasteiger partial charge on any atom is 0.338 e. The lowest BCUT2D eigenvalue weighted by molar-refractivity contribution is 0.0526. The summed E-state index contributed by atoms with van der Waals surface area (Å²) in [6, 6.07) is 12.6. The van der Waals surface area contributed by atoms with Crippen LogP contribution in [0.15, 0.2) is 36.4 Å². The summed E-state index contributed by atoms with van der Waals surface area (Å²) in [5.41, 5.74) is 9.10. The summed E-state index contributed by atoms with van der Waals surface area (Å²) in [5.74, 6) is 0.317. The molecule has 2 aromatic rings. The molecule has 0 aromatic heterocycles. The Hall–Kier alpha value is -2.35. The van der Waals surface area contributed by atoms with Crippen LogP contribution in [0.4, 0.5) is 0 Å². The molecule has 0 saturated heterocycles. The van der Waals surface area contributed by atoms with E-state index in [4.69, 9.17) is 4.74 Å². The number of ether oxygens (including phenoxy) is 1. The van der Waals surface area contributed by atoms with Crippen LogP contribution in [0.5, 0.6) is 0 Å². The maximum absolute atomic E-state index is 11.9. The Morgan fingerprint density at radius 2 is 1.58 bits per heavy atom. The lowest BCUT2D eigenvalue weighted by atomic mass is 9.71. The number of allylic oxidation sites excluding steroid dienone is 1. The van der Waals surface area contributed by atoms with E-state index in [0.29, 0.717) is 18.1 Å². The molecule has 166 valence electrons. The van der Waals surface area contributed by atoms with Crippen LogP contribution >= 0.6 is 0 Å². The van der Waals surface area contributed by atoms with Gasteiger partial charge in [0.2, 0.25) is 0 Å². The third kappa shape index (κ3) is 4.22. The zero-order valence-corrected chi connectivity index (χ0v) is 20.6. The highest BCUT2D eigenvalue weighted by Crippen LogP contribution is 2.54. The molecule has 1 aliphatic carbocycles. The van der Waals surface area contributed by atoms with Crippen molar-refractivity contribution < 1.29 is 9.53 Å². The second-order valence-electron chi connectivity index (χ2n) is 10.1. The first-order chi connectivity index (χ1) is 14.5. The van der Waals surface area contributed by atoms with Gasteiger partial charge in [0.15, 0.2) is 0 Å². The van der Waals surface area contributed by atoms with Crippen LogP contribution in [-0.4, -0.2) is 12.6 Å². The lowest BCUT2D eigenvalue weighted by Gasteiger charge is -2.32. The molecule has 31 heavy (non-hydrogen) atoms. The minimum absolute atomic E-state index is 0.153. The number of carbonyl (C=O) groups is 1. The predicted octanol–water partition coefficient (Wildman–Crippen LogP) is 7.58. The van der Waals surface area contributed by atoms with E-state index in [1.807, 2.05) is 31.2 Å². The van der Waals surface area contributed by atoms with Gasteiger partial charge in [-0.25, -0.2) is 4.79 Å². The van der Waals surface area contributed by atoms with Crippen molar-refractivity contribution in [3.05, 3.63) is 69.8 Å². The molecule has 0 saturated carbocycles. The van der Waals surface area contributed by atoms with Crippen LogP contribution in [0.2, 0.25) is 0 Å². The Labute approximate surface area is 188 Å². The molecular formula is C29H38O2. The Balaban J connectivity index is 2.04. The molecule has 0 heterocycles. The van der Waals surface area contributed by atoms with Crippen LogP contribution in [0, 0.1) is 5.92 Å². The predicted molar refractivity (Wildman–Crippen MR) is 132 cm³/mol. The number of carbonyl (C=O) groups excluding carboxylic acids is 1. The molecule has 2 heteroatoms. The second kappa shape index (κ2) is 8.65. The molecule has 0 aliphatic heterocycles. The van der Waals surface area contributed by atoms with E-state index in [1.54, 1.807) is 0 Å². The van der Waals surface area contributed by atoms with Crippen LogP contribution in [0.25, 0.3) is 11.6 Å². The number of esters is 1. The average molecular weight is 419 g/mol. The molecule has 0 fully saturated rings. The van der Waals surface area contributed by atoms with Gasteiger partial charge < -0.3 is 4.74 Å². The van der Waals surface area contributed by atoms with Gasteiger partial charge in [-0.1, -0.05) is 78.3 Å². The van der Waals surface area contributed by atoms with Crippen molar-refractivity contribution in [1.29, 1.82) is 0 Å². The molecule has 1 aliphatic rings. The van der Waals surface area contributed by atoms with Gasteiger partial charge in [-0.3, -0.25) is 0 Å². The van der Waals surface area contributed by atoms with Gasteiger partial charge in [-0.15, -0.1) is 0 Å². The van der Waals surface area contributed by atoms with Crippen molar-refractivity contribution in [2.75, 3.05) is 6.61 Å². The molecule has 2 aromatic carbocycles. The maximum atomic E-state index is 11.9. The summed E-state index contributed by atoms with van der Waals surface area (Å²) in [6.07, 6.45) is 4.44. The van der Waals surface area contributed by atoms with E-state index in [1.165, 1.54) is 27.8 Å². The van der Waals surface area contributed by atoms with Crippen LogP contribution < -0.4 is 0 Å². The summed E-state index contributed by atoms with van der Waals surface area (Å²) in [5, 5.41) is 0. The molecular weight excluding hydrogens is 380 g/mol. The highest BCUT2D eigenvalue weighted by atomic mass is 16.5. The summed E-state index contributed by atoms with van der Waals surface area (Å²) in [4.78, 5) is 11.9. The largest absolute Gasteiger partial charge is 0.462 e. The zero-order chi connectivity index (χ0) is 23.0. The first-order valence-electron chi connectivity index (χ1n) is 11.7. The highest BCUT2D eigenvalue weighted by Gasteiger charge is 2.48. The van der Waals surface area contributed by atoms with Crippen molar-refractivity contribution in [2.45, 2.75) is 79.1 Å². The average Bonchev–Trinajstić information content (AvgIpc) is 2.85. The standard InChI is InChI=1S/C29H38O2/c1-9-11-23-17-25-26(29(7,8)20(4)28(25,5)6)18-24(23)19(3)16-21-12-14-22(15-13-21)27(30)31-10-2/h12-18,20H,9-11H2,1-8H3. The number of hydrogen-bond donors (Lipinski definition) is 0. The zero-order valence-electron chi connectivity index (χ0n) is 20.6. The number of hydrogen-bond acceptors (Lipinski definition) is 2.